The zero-order valence-corrected chi connectivity index (χ0v) is 13.5. The average molecular weight is 291 g/mol. The van der Waals surface area contributed by atoms with Crippen molar-refractivity contribution in [1.82, 2.24) is 14.9 Å². The van der Waals surface area contributed by atoms with Crippen LogP contribution in [0.2, 0.25) is 0 Å². The molecule has 0 aliphatic carbocycles. The Kier molecular flexibility index (Phi) is 5.80. The molecule has 2 rings (SSSR count). The zero-order valence-electron chi connectivity index (χ0n) is 12.7. The highest BCUT2D eigenvalue weighted by molar-refractivity contribution is 7.12. The van der Waals surface area contributed by atoms with E-state index in [1.54, 1.807) is 0 Å². The van der Waals surface area contributed by atoms with Gasteiger partial charge in [-0.3, -0.25) is 0 Å². The van der Waals surface area contributed by atoms with Gasteiger partial charge in [-0.15, -0.1) is 11.3 Å². The molecule has 0 bridgehead atoms. The highest BCUT2D eigenvalue weighted by Crippen LogP contribution is 2.25. The molecule has 1 atom stereocenters. The fourth-order valence-electron chi connectivity index (χ4n) is 2.39. The molecular weight excluding hydrogens is 266 g/mol. The van der Waals surface area contributed by atoms with Crippen LogP contribution in [-0.4, -0.2) is 16.1 Å². The summed E-state index contributed by atoms with van der Waals surface area (Å²) in [5.74, 6) is 1.19. The van der Waals surface area contributed by atoms with Crippen LogP contribution < -0.4 is 5.32 Å². The summed E-state index contributed by atoms with van der Waals surface area (Å²) in [6.45, 7) is 8.69. The van der Waals surface area contributed by atoms with E-state index in [9.17, 15) is 0 Å². The Bertz CT molecular complexity index is 515. The molecule has 0 aliphatic heterocycles. The summed E-state index contributed by atoms with van der Waals surface area (Å²) in [7, 11) is 0. The average Bonchev–Trinajstić information content (AvgIpc) is 3.04. The highest BCUT2D eigenvalue weighted by Gasteiger charge is 2.16. The molecule has 0 amide bonds. The van der Waals surface area contributed by atoms with Gasteiger partial charge >= 0.3 is 0 Å². The van der Waals surface area contributed by atoms with Crippen molar-refractivity contribution in [2.45, 2.75) is 52.6 Å². The van der Waals surface area contributed by atoms with Crippen LogP contribution in [0.25, 0.3) is 0 Å². The zero-order chi connectivity index (χ0) is 14.4. The van der Waals surface area contributed by atoms with Gasteiger partial charge in [-0.05, 0) is 38.4 Å². The van der Waals surface area contributed by atoms with Crippen LogP contribution in [0.5, 0.6) is 0 Å². The van der Waals surface area contributed by atoms with E-state index in [4.69, 9.17) is 0 Å². The predicted octanol–water partition coefficient (Wildman–Crippen LogP) is 3.95. The minimum atomic E-state index is 0.381. The van der Waals surface area contributed by atoms with Gasteiger partial charge in [0.05, 0.1) is 0 Å². The lowest BCUT2D eigenvalue weighted by Crippen LogP contribution is -2.24. The molecule has 1 N–H and O–H groups in total. The molecule has 3 nitrogen and oxygen atoms in total. The smallest absolute Gasteiger partial charge is 0.110 e. The van der Waals surface area contributed by atoms with Crippen molar-refractivity contribution in [3.63, 3.8) is 0 Å². The Hall–Kier alpha value is -1.13. The number of rotatable bonds is 8. The van der Waals surface area contributed by atoms with Crippen LogP contribution in [0.3, 0.4) is 0 Å². The molecule has 2 aromatic rings. The third kappa shape index (κ3) is 3.93. The highest BCUT2D eigenvalue weighted by atomic mass is 32.1. The third-order valence-electron chi connectivity index (χ3n) is 3.40. The van der Waals surface area contributed by atoms with Gasteiger partial charge in [0.2, 0.25) is 0 Å². The second kappa shape index (κ2) is 7.60. The van der Waals surface area contributed by atoms with Gasteiger partial charge in [-0.2, -0.15) is 0 Å². The van der Waals surface area contributed by atoms with Crippen molar-refractivity contribution in [3.05, 3.63) is 40.1 Å². The lowest BCUT2D eigenvalue weighted by molar-refractivity contribution is 0.508. The number of hydrogen-bond acceptors (Lipinski definition) is 3. The molecule has 20 heavy (non-hydrogen) atoms. The quantitative estimate of drug-likeness (QED) is 0.798. The molecule has 0 spiro atoms. The first-order valence-electron chi connectivity index (χ1n) is 7.54. The van der Waals surface area contributed by atoms with Gasteiger partial charge in [0.15, 0.2) is 0 Å². The molecule has 0 saturated carbocycles. The Morgan fingerprint density at radius 2 is 2.15 bits per heavy atom. The molecule has 0 saturated heterocycles. The number of imidazole rings is 1. The van der Waals surface area contributed by atoms with Gasteiger partial charge in [-0.25, -0.2) is 4.98 Å². The van der Waals surface area contributed by atoms with Gasteiger partial charge in [0, 0.05) is 41.2 Å². The van der Waals surface area contributed by atoms with Crippen LogP contribution in [0.1, 0.15) is 48.3 Å². The van der Waals surface area contributed by atoms with E-state index in [0.717, 1.165) is 32.4 Å². The molecule has 0 radical (unpaired) electrons. The Morgan fingerprint density at radius 3 is 2.80 bits per heavy atom. The second-order valence-corrected chi connectivity index (χ2v) is 6.52. The molecule has 0 fully saturated rings. The lowest BCUT2D eigenvalue weighted by Gasteiger charge is -2.17. The number of nitrogens with zero attached hydrogens (tertiary/aromatic N) is 2. The maximum atomic E-state index is 4.54. The van der Waals surface area contributed by atoms with Gasteiger partial charge in [0.25, 0.3) is 0 Å². The molecule has 0 aliphatic rings. The monoisotopic (exact) mass is 291 g/mol. The summed E-state index contributed by atoms with van der Waals surface area (Å²) in [5.41, 5.74) is 0. The Labute approximate surface area is 126 Å². The number of thiophene rings is 1. The standard InChI is InChI=1S/C16H25N3S/c1-4-8-17-14(15-7-6-13(3)20-15)12-16-18-9-11-19(16)10-5-2/h6-7,9,11,14,17H,4-5,8,10,12H2,1-3H3. The van der Waals surface area contributed by atoms with Crippen molar-refractivity contribution in [2.24, 2.45) is 0 Å². The summed E-state index contributed by atoms with van der Waals surface area (Å²) < 4.78 is 2.28. The topological polar surface area (TPSA) is 29.9 Å². The Morgan fingerprint density at radius 1 is 1.30 bits per heavy atom. The van der Waals surface area contributed by atoms with Crippen LogP contribution in [0.4, 0.5) is 0 Å². The molecule has 0 aromatic carbocycles. The van der Waals surface area contributed by atoms with Crippen LogP contribution in [0.15, 0.2) is 24.5 Å². The third-order valence-corrected chi connectivity index (χ3v) is 4.51. The van der Waals surface area contributed by atoms with Crippen LogP contribution in [0, 0.1) is 6.92 Å². The summed E-state index contributed by atoms with van der Waals surface area (Å²) >= 11 is 1.89. The first-order valence-corrected chi connectivity index (χ1v) is 8.36. The fourth-order valence-corrected chi connectivity index (χ4v) is 3.34. The van der Waals surface area contributed by atoms with Gasteiger partial charge in [0.1, 0.15) is 5.82 Å². The summed E-state index contributed by atoms with van der Waals surface area (Å²) in [6.07, 6.45) is 7.28. The molecule has 4 heteroatoms. The minimum Gasteiger partial charge on any atom is -0.335 e. The van der Waals surface area contributed by atoms with Crippen molar-refractivity contribution in [3.8, 4) is 0 Å². The van der Waals surface area contributed by atoms with E-state index < -0.39 is 0 Å². The van der Waals surface area contributed by atoms with Crippen LogP contribution >= 0.6 is 11.3 Å². The maximum Gasteiger partial charge on any atom is 0.110 e. The van der Waals surface area contributed by atoms with Gasteiger partial charge < -0.3 is 9.88 Å². The van der Waals surface area contributed by atoms with E-state index in [1.165, 1.54) is 15.6 Å². The van der Waals surface area contributed by atoms with E-state index in [0.29, 0.717) is 6.04 Å². The molecule has 2 aromatic heterocycles. The maximum absolute atomic E-state index is 4.54. The lowest BCUT2D eigenvalue weighted by atomic mass is 10.1. The number of hydrogen-bond donors (Lipinski definition) is 1. The predicted molar refractivity (Wildman–Crippen MR) is 86.3 cm³/mol. The Balaban J connectivity index is 2.12. The molecule has 1 unspecified atom stereocenters. The summed E-state index contributed by atoms with van der Waals surface area (Å²) in [5, 5.41) is 3.66. The normalized spacial score (nSPS) is 12.8. The van der Waals surface area contributed by atoms with Crippen LogP contribution in [-0.2, 0) is 13.0 Å². The van der Waals surface area contributed by atoms with E-state index in [1.807, 2.05) is 17.5 Å². The largest absolute Gasteiger partial charge is 0.335 e. The number of nitrogens with one attached hydrogen (secondary N) is 1. The second-order valence-electron chi connectivity index (χ2n) is 5.20. The minimum absolute atomic E-state index is 0.381. The van der Waals surface area contributed by atoms with Crippen molar-refractivity contribution in [2.75, 3.05) is 6.54 Å². The van der Waals surface area contributed by atoms with E-state index >= 15 is 0 Å². The van der Waals surface area contributed by atoms with Crippen molar-refractivity contribution >= 4 is 11.3 Å². The fraction of sp³-hybridized carbons (Fsp3) is 0.562. The van der Waals surface area contributed by atoms with E-state index in [-0.39, 0.29) is 0 Å². The van der Waals surface area contributed by atoms with Crippen molar-refractivity contribution in [1.29, 1.82) is 0 Å². The van der Waals surface area contributed by atoms with Gasteiger partial charge in [-0.1, -0.05) is 13.8 Å². The SMILES string of the molecule is CCCNC(Cc1nccn1CCC)c1ccc(C)s1. The number of aryl methyl sites for hydroxylation is 2. The number of aromatic nitrogens is 2. The first-order chi connectivity index (χ1) is 9.74. The molecule has 2 heterocycles. The summed E-state index contributed by atoms with van der Waals surface area (Å²) in [6, 6.07) is 4.84. The van der Waals surface area contributed by atoms with Crippen molar-refractivity contribution < 1.29 is 0 Å². The molecule has 110 valence electrons. The van der Waals surface area contributed by atoms with E-state index in [2.05, 4.69) is 54.0 Å². The summed E-state index contributed by atoms with van der Waals surface area (Å²) in [4.78, 5) is 7.34. The first kappa shape index (κ1) is 15.3. The molecular formula is C16H25N3S.